The quantitative estimate of drug-likeness (QED) is 0.714. The first-order chi connectivity index (χ1) is 7.43. The molecule has 16 heavy (non-hydrogen) atoms. The molecule has 1 amide bonds. The van der Waals surface area contributed by atoms with Crippen LogP contribution in [0.25, 0.3) is 0 Å². The largest absolute Gasteiger partial charge is 0.353 e. The Morgan fingerprint density at radius 3 is 2.44 bits per heavy atom. The van der Waals surface area contributed by atoms with Gasteiger partial charge in [0.15, 0.2) is 0 Å². The molecule has 1 rings (SSSR count). The molecule has 0 aromatic carbocycles. The monoisotopic (exact) mass is 223 g/mol. The van der Waals surface area contributed by atoms with E-state index in [1.54, 1.807) is 0 Å². The first-order valence-corrected chi connectivity index (χ1v) is 5.84. The average Bonchev–Trinajstić information content (AvgIpc) is 2.20. The Kier molecular flexibility index (Phi) is 4.31. The van der Waals surface area contributed by atoms with E-state index in [2.05, 4.69) is 16.3 Å². The number of nitrogens with one attached hydrogen (secondary N) is 1. The van der Waals surface area contributed by atoms with Crippen molar-refractivity contribution in [3.05, 3.63) is 0 Å². The molecule has 0 radical (unpaired) electrons. The van der Waals surface area contributed by atoms with Crippen molar-refractivity contribution in [3.63, 3.8) is 0 Å². The molecule has 0 spiro atoms. The molecule has 0 bridgehead atoms. The fraction of sp³-hybridized carbons (Fsp3) is 0.833. The molecule has 4 nitrogen and oxygen atoms in total. The molecular weight excluding hydrogens is 202 g/mol. The molecule has 1 aliphatic rings. The maximum atomic E-state index is 11.8. The summed E-state index contributed by atoms with van der Waals surface area (Å²) in [5.41, 5.74) is -0.316. The number of amides is 1. The highest BCUT2D eigenvalue weighted by atomic mass is 16.2. The van der Waals surface area contributed by atoms with Crippen LogP contribution in [0.1, 0.15) is 33.6 Å². The van der Waals surface area contributed by atoms with Gasteiger partial charge in [0.1, 0.15) is 0 Å². The Balaban J connectivity index is 2.33. The first kappa shape index (κ1) is 13.0. The zero-order valence-electron chi connectivity index (χ0n) is 10.4. The third kappa shape index (κ3) is 3.82. The number of piperidine rings is 1. The van der Waals surface area contributed by atoms with Gasteiger partial charge in [-0.05, 0) is 12.8 Å². The van der Waals surface area contributed by atoms with Crippen LogP contribution in [0, 0.1) is 16.7 Å². The third-order valence-electron chi connectivity index (χ3n) is 2.90. The minimum atomic E-state index is -0.316. The number of hydrogen-bond acceptors (Lipinski definition) is 3. The molecule has 0 aromatic heterocycles. The molecular formula is C12H21N3O. The highest BCUT2D eigenvalue weighted by Crippen LogP contribution is 2.16. The summed E-state index contributed by atoms with van der Waals surface area (Å²) in [6.07, 6.45) is 1.90. The number of hydrogen-bond donors (Lipinski definition) is 1. The molecule has 0 saturated carbocycles. The number of likely N-dealkylation sites (tertiary alicyclic amines) is 1. The van der Waals surface area contributed by atoms with Crippen molar-refractivity contribution in [3.8, 4) is 6.07 Å². The summed E-state index contributed by atoms with van der Waals surface area (Å²) >= 11 is 0. The molecule has 0 unspecified atom stereocenters. The van der Waals surface area contributed by atoms with E-state index in [4.69, 9.17) is 5.26 Å². The van der Waals surface area contributed by atoms with Crippen LogP contribution in [0.2, 0.25) is 0 Å². The maximum Gasteiger partial charge on any atom is 0.225 e. The minimum Gasteiger partial charge on any atom is -0.353 e. The summed E-state index contributed by atoms with van der Waals surface area (Å²) in [4.78, 5) is 13.9. The van der Waals surface area contributed by atoms with Crippen molar-refractivity contribution in [1.29, 1.82) is 5.26 Å². The van der Waals surface area contributed by atoms with Crippen LogP contribution < -0.4 is 5.32 Å². The van der Waals surface area contributed by atoms with Gasteiger partial charge in [0.05, 0.1) is 12.6 Å². The van der Waals surface area contributed by atoms with E-state index in [-0.39, 0.29) is 17.4 Å². The van der Waals surface area contributed by atoms with E-state index >= 15 is 0 Å². The lowest BCUT2D eigenvalue weighted by Gasteiger charge is -2.32. The van der Waals surface area contributed by atoms with Gasteiger partial charge in [0, 0.05) is 24.5 Å². The first-order valence-electron chi connectivity index (χ1n) is 5.84. The molecule has 0 aliphatic carbocycles. The zero-order chi connectivity index (χ0) is 12.2. The van der Waals surface area contributed by atoms with Gasteiger partial charge < -0.3 is 5.32 Å². The van der Waals surface area contributed by atoms with Crippen LogP contribution in [-0.2, 0) is 4.79 Å². The van der Waals surface area contributed by atoms with Gasteiger partial charge in [0.2, 0.25) is 5.91 Å². The van der Waals surface area contributed by atoms with Crippen LogP contribution in [-0.4, -0.2) is 36.5 Å². The highest BCUT2D eigenvalue weighted by molar-refractivity contribution is 5.81. The Morgan fingerprint density at radius 1 is 1.44 bits per heavy atom. The number of carbonyl (C=O) groups excluding carboxylic acids is 1. The second-order valence-corrected chi connectivity index (χ2v) is 5.43. The Labute approximate surface area is 97.6 Å². The predicted molar refractivity (Wildman–Crippen MR) is 62.7 cm³/mol. The second kappa shape index (κ2) is 5.31. The van der Waals surface area contributed by atoms with Gasteiger partial charge in [-0.15, -0.1) is 0 Å². The smallest absolute Gasteiger partial charge is 0.225 e. The molecule has 4 heteroatoms. The molecule has 1 saturated heterocycles. The molecule has 90 valence electrons. The van der Waals surface area contributed by atoms with E-state index in [0.717, 1.165) is 25.9 Å². The molecule has 0 atom stereocenters. The molecule has 1 aliphatic heterocycles. The van der Waals surface area contributed by atoms with Gasteiger partial charge in [0.25, 0.3) is 0 Å². The van der Waals surface area contributed by atoms with Gasteiger partial charge in [-0.25, -0.2) is 0 Å². The maximum absolute atomic E-state index is 11.8. The molecule has 0 aromatic rings. The van der Waals surface area contributed by atoms with Crippen molar-refractivity contribution in [2.45, 2.75) is 39.7 Å². The minimum absolute atomic E-state index is 0.117. The average molecular weight is 223 g/mol. The van der Waals surface area contributed by atoms with Crippen LogP contribution in [0.15, 0.2) is 0 Å². The van der Waals surface area contributed by atoms with Crippen molar-refractivity contribution < 1.29 is 4.79 Å². The van der Waals surface area contributed by atoms with Gasteiger partial charge in [-0.1, -0.05) is 20.8 Å². The van der Waals surface area contributed by atoms with Crippen molar-refractivity contribution in [2.75, 3.05) is 19.6 Å². The second-order valence-electron chi connectivity index (χ2n) is 5.43. The van der Waals surface area contributed by atoms with Crippen molar-refractivity contribution >= 4 is 5.91 Å². The molecule has 1 N–H and O–H groups in total. The summed E-state index contributed by atoms with van der Waals surface area (Å²) < 4.78 is 0. The number of rotatable bonds is 2. The van der Waals surface area contributed by atoms with E-state index in [1.807, 2.05) is 20.8 Å². The normalized spacial score (nSPS) is 19.1. The third-order valence-corrected chi connectivity index (χ3v) is 2.90. The zero-order valence-corrected chi connectivity index (χ0v) is 10.4. The van der Waals surface area contributed by atoms with Gasteiger partial charge >= 0.3 is 0 Å². The predicted octanol–water partition coefficient (Wildman–Crippen LogP) is 1.14. The summed E-state index contributed by atoms with van der Waals surface area (Å²) in [5.74, 6) is 0.117. The Morgan fingerprint density at radius 2 is 2.00 bits per heavy atom. The van der Waals surface area contributed by atoms with Crippen molar-refractivity contribution in [2.24, 2.45) is 5.41 Å². The Bertz CT molecular complexity index is 280. The summed E-state index contributed by atoms with van der Waals surface area (Å²) in [5, 5.41) is 11.6. The van der Waals surface area contributed by atoms with Crippen LogP contribution in [0.5, 0.6) is 0 Å². The SMILES string of the molecule is CC(C)(C)C(=O)NC1CCN(CC#N)CC1. The lowest BCUT2D eigenvalue weighted by Crippen LogP contribution is -2.47. The fourth-order valence-electron chi connectivity index (χ4n) is 1.74. The van der Waals surface area contributed by atoms with Crippen LogP contribution >= 0.6 is 0 Å². The van der Waals surface area contributed by atoms with Gasteiger partial charge in [-0.3, -0.25) is 9.69 Å². The van der Waals surface area contributed by atoms with E-state index < -0.39 is 0 Å². The van der Waals surface area contributed by atoms with E-state index in [9.17, 15) is 4.79 Å². The molecule has 1 heterocycles. The fourth-order valence-corrected chi connectivity index (χ4v) is 1.74. The topological polar surface area (TPSA) is 56.1 Å². The number of nitrogens with zero attached hydrogens (tertiary/aromatic N) is 2. The lowest BCUT2D eigenvalue weighted by molar-refractivity contribution is -0.129. The summed E-state index contributed by atoms with van der Waals surface area (Å²) in [6, 6.07) is 2.44. The summed E-state index contributed by atoms with van der Waals surface area (Å²) in [6.45, 7) is 8.08. The van der Waals surface area contributed by atoms with E-state index in [0.29, 0.717) is 6.54 Å². The molecule has 1 fully saturated rings. The van der Waals surface area contributed by atoms with E-state index in [1.165, 1.54) is 0 Å². The van der Waals surface area contributed by atoms with Crippen LogP contribution in [0.4, 0.5) is 0 Å². The lowest BCUT2D eigenvalue weighted by atomic mass is 9.94. The number of nitriles is 1. The Hall–Kier alpha value is -1.08. The van der Waals surface area contributed by atoms with Gasteiger partial charge in [-0.2, -0.15) is 5.26 Å². The number of carbonyl (C=O) groups is 1. The van der Waals surface area contributed by atoms with Crippen molar-refractivity contribution in [1.82, 2.24) is 10.2 Å². The highest BCUT2D eigenvalue weighted by Gasteiger charge is 2.26. The standard InChI is InChI=1S/C12H21N3O/c1-12(2,3)11(16)14-10-4-7-15(8-5-10)9-6-13/h10H,4-5,7-9H2,1-3H3,(H,14,16). The summed E-state index contributed by atoms with van der Waals surface area (Å²) in [7, 11) is 0. The van der Waals surface area contributed by atoms with Crippen LogP contribution in [0.3, 0.4) is 0 Å².